The van der Waals surface area contributed by atoms with Gasteiger partial charge in [0.2, 0.25) is 0 Å². The molecule has 4 aromatic carbocycles. The van der Waals surface area contributed by atoms with Gasteiger partial charge in [-0.1, -0.05) is 78.9 Å². The van der Waals surface area contributed by atoms with E-state index in [1.807, 2.05) is 36.4 Å². The summed E-state index contributed by atoms with van der Waals surface area (Å²) in [6.07, 6.45) is 0.745. The average molecular weight is 530 g/mol. The van der Waals surface area contributed by atoms with E-state index in [1.54, 1.807) is 19.2 Å². The van der Waals surface area contributed by atoms with E-state index in [9.17, 15) is 0 Å². The number of halogens is 1. The summed E-state index contributed by atoms with van der Waals surface area (Å²) in [5.74, 6) is 1.06. The maximum Gasteiger partial charge on any atom is 0.131 e. The summed E-state index contributed by atoms with van der Waals surface area (Å²) in [5, 5.41) is 8.75. The molecule has 0 aromatic heterocycles. The second kappa shape index (κ2) is 14.4. The third-order valence-electron chi connectivity index (χ3n) is 7.01. The molecule has 0 saturated carbocycles. The predicted molar refractivity (Wildman–Crippen MR) is 152 cm³/mol. The fraction of sp³-hybridized carbons (Fsp3) is 0.273. The fourth-order valence-corrected chi connectivity index (χ4v) is 4.74. The minimum atomic E-state index is -0.276. The van der Waals surface area contributed by atoms with E-state index in [0.717, 1.165) is 17.7 Å². The minimum Gasteiger partial charge on any atom is -0.497 e. The lowest BCUT2D eigenvalue weighted by atomic mass is 9.90. The highest BCUT2D eigenvalue weighted by Crippen LogP contribution is 2.28. The van der Waals surface area contributed by atoms with Crippen molar-refractivity contribution in [2.45, 2.75) is 38.5 Å². The molecule has 0 amide bonds. The lowest BCUT2D eigenvalue weighted by Gasteiger charge is -2.33. The van der Waals surface area contributed by atoms with Crippen molar-refractivity contribution in [2.24, 2.45) is 0 Å². The van der Waals surface area contributed by atoms with Crippen molar-refractivity contribution >= 4 is 0 Å². The first-order chi connectivity index (χ1) is 19.1. The van der Waals surface area contributed by atoms with Crippen molar-refractivity contribution in [1.29, 1.82) is 0 Å². The summed E-state index contributed by atoms with van der Waals surface area (Å²) in [6, 6.07) is 33.5. The molecule has 4 aromatic rings. The Bertz CT molecular complexity index is 1250. The van der Waals surface area contributed by atoms with E-state index in [2.05, 4.69) is 65.2 Å². The fourth-order valence-electron chi connectivity index (χ4n) is 4.74. The lowest BCUT2D eigenvalue weighted by Crippen LogP contribution is -2.37. The van der Waals surface area contributed by atoms with Crippen molar-refractivity contribution in [1.82, 2.24) is 4.90 Å². The molecule has 5 nitrogen and oxygen atoms in total. The molecule has 6 heteroatoms. The van der Waals surface area contributed by atoms with Crippen molar-refractivity contribution in [2.75, 3.05) is 20.3 Å². The number of hydrogen-bond acceptors (Lipinski definition) is 5. The number of hydrogen-bond donors (Lipinski definition) is 1. The Balaban J connectivity index is 1.55. The molecule has 0 fully saturated rings. The Morgan fingerprint density at radius 3 is 2.13 bits per heavy atom. The highest BCUT2D eigenvalue weighted by Gasteiger charge is 2.23. The Morgan fingerprint density at radius 2 is 1.51 bits per heavy atom. The van der Waals surface area contributed by atoms with Crippen LogP contribution in [0.4, 0.5) is 4.39 Å². The molecule has 0 aliphatic carbocycles. The molecule has 39 heavy (non-hydrogen) atoms. The van der Waals surface area contributed by atoms with Crippen LogP contribution in [0.5, 0.6) is 11.5 Å². The summed E-state index contributed by atoms with van der Waals surface area (Å²) in [6.45, 7) is 3.93. The molecule has 0 bridgehead atoms. The van der Waals surface area contributed by atoms with Crippen LogP contribution in [0.3, 0.4) is 0 Å². The monoisotopic (exact) mass is 529 g/mol. The summed E-state index contributed by atoms with van der Waals surface area (Å²) in [4.78, 5) is 6.58. The van der Waals surface area contributed by atoms with Crippen molar-refractivity contribution in [3.63, 3.8) is 0 Å². The number of methoxy groups -OCH3 is 1. The van der Waals surface area contributed by atoms with E-state index >= 15 is 4.39 Å². The van der Waals surface area contributed by atoms with Crippen molar-refractivity contribution in [3.05, 3.63) is 131 Å². The van der Waals surface area contributed by atoms with Gasteiger partial charge >= 0.3 is 0 Å². The second-order valence-electron chi connectivity index (χ2n) is 9.67. The van der Waals surface area contributed by atoms with Crippen molar-refractivity contribution in [3.8, 4) is 11.5 Å². The zero-order chi connectivity index (χ0) is 27.5. The Hall–Kier alpha value is -3.71. The molecule has 1 N–H and O–H groups in total. The maximum atomic E-state index is 15.1. The quantitative estimate of drug-likeness (QED) is 0.137. The minimum absolute atomic E-state index is 0.102. The van der Waals surface area contributed by atoms with Gasteiger partial charge in [-0.25, -0.2) is 9.28 Å². The summed E-state index contributed by atoms with van der Waals surface area (Å²) < 4.78 is 26.3. The summed E-state index contributed by atoms with van der Waals surface area (Å²) in [5.41, 5.74) is 3.89. The number of ether oxygens (including phenoxy) is 2. The topological polar surface area (TPSA) is 51.2 Å². The predicted octanol–water partition coefficient (Wildman–Crippen LogP) is 7.32. The van der Waals surface area contributed by atoms with Gasteiger partial charge in [-0.3, -0.25) is 10.2 Å². The van der Waals surface area contributed by atoms with Gasteiger partial charge in [0.25, 0.3) is 0 Å². The number of benzene rings is 4. The molecule has 0 aliphatic rings. The van der Waals surface area contributed by atoms with Crippen LogP contribution in [0.1, 0.15) is 41.5 Å². The molecule has 0 aliphatic heterocycles. The van der Waals surface area contributed by atoms with E-state index in [1.165, 1.54) is 17.2 Å². The third-order valence-corrected chi connectivity index (χ3v) is 7.01. The smallest absolute Gasteiger partial charge is 0.131 e. The van der Waals surface area contributed by atoms with Crippen LogP contribution in [0.15, 0.2) is 103 Å². The second-order valence-corrected chi connectivity index (χ2v) is 9.67. The molecule has 204 valence electrons. The van der Waals surface area contributed by atoms with Crippen LogP contribution >= 0.6 is 0 Å². The van der Waals surface area contributed by atoms with Gasteiger partial charge < -0.3 is 9.47 Å². The number of nitrogens with zero attached hydrogens (tertiary/aromatic N) is 1. The van der Waals surface area contributed by atoms with Gasteiger partial charge in [0, 0.05) is 36.7 Å². The number of rotatable bonds is 14. The highest BCUT2D eigenvalue weighted by molar-refractivity contribution is 5.34. The molecule has 0 radical (unpaired) electrons. The SMILES string of the molecule is COc1ccc(CN(CC(c2ccccc2)c2ccccc2)C(C)CCOc2cccc(COO)c2)c(F)c1. The van der Waals surface area contributed by atoms with Gasteiger partial charge in [-0.05, 0) is 48.2 Å². The van der Waals surface area contributed by atoms with E-state index < -0.39 is 0 Å². The molecule has 0 heterocycles. The molecule has 1 atom stereocenters. The standard InChI is InChI=1S/C33H36FNO4/c1-25(18-19-38-31-15-9-10-26(20-31)24-39-36)35(22-29-16-17-30(37-2)21-33(29)34)23-32(27-11-5-3-6-12-27)28-13-7-4-8-14-28/h3-17,20-21,25,32,36H,18-19,22-24H2,1-2H3. The first-order valence-electron chi connectivity index (χ1n) is 13.2. The van der Waals surface area contributed by atoms with Gasteiger partial charge in [0.05, 0.1) is 13.7 Å². The van der Waals surface area contributed by atoms with Crippen LogP contribution < -0.4 is 9.47 Å². The van der Waals surface area contributed by atoms with E-state index in [0.29, 0.717) is 31.0 Å². The van der Waals surface area contributed by atoms with Crippen LogP contribution in [0.2, 0.25) is 0 Å². The zero-order valence-electron chi connectivity index (χ0n) is 22.5. The molecular formula is C33H36FNO4. The highest BCUT2D eigenvalue weighted by atomic mass is 19.1. The molecule has 4 rings (SSSR count). The van der Waals surface area contributed by atoms with Crippen LogP contribution in [-0.4, -0.2) is 36.5 Å². The van der Waals surface area contributed by atoms with Crippen molar-refractivity contribution < 1.29 is 24.0 Å². The molecule has 0 saturated heterocycles. The van der Waals surface area contributed by atoms with Crippen LogP contribution in [0.25, 0.3) is 0 Å². The van der Waals surface area contributed by atoms with E-state index in [-0.39, 0.29) is 24.4 Å². The largest absolute Gasteiger partial charge is 0.497 e. The zero-order valence-corrected chi connectivity index (χ0v) is 22.5. The van der Waals surface area contributed by atoms with Gasteiger partial charge in [-0.15, -0.1) is 0 Å². The lowest BCUT2D eigenvalue weighted by molar-refractivity contribution is -0.253. The third kappa shape index (κ3) is 8.14. The molecule has 1 unspecified atom stereocenters. The van der Waals surface area contributed by atoms with E-state index in [4.69, 9.17) is 14.7 Å². The Kier molecular flexibility index (Phi) is 10.5. The Morgan fingerprint density at radius 1 is 0.821 bits per heavy atom. The summed E-state index contributed by atoms with van der Waals surface area (Å²) >= 11 is 0. The van der Waals surface area contributed by atoms with Gasteiger partial charge in [0.15, 0.2) is 0 Å². The van der Waals surface area contributed by atoms with Gasteiger partial charge in [-0.2, -0.15) is 0 Å². The van der Waals surface area contributed by atoms with Crippen LogP contribution in [0, 0.1) is 5.82 Å². The van der Waals surface area contributed by atoms with Crippen LogP contribution in [-0.2, 0) is 18.0 Å². The Labute approximate surface area is 230 Å². The first kappa shape index (κ1) is 28.3. The average Bonchev–Trinajstić information content (AvgIpc) is 2.97. The molecule has 0 spiro atoms. The van der Waals surface area contributed by atoms with Gasteiger partial charge in [0.1, 0.15) is 23.9 Å². The molecular weight excluding hydrogens is 493 g/mol. The summed E-state index contributed by atoms with van der Waals surface area (Å²) in [7, 11) is 1.54. The maximum absolute atomic E-state index is 15.1. The normalized spacial score (nSPS) is 12.1. The first-order valence-corrected chi connectivity index (χ1v) is 13.2.